The highest BCUT2D eigenvalue weighted by Crippen LogP contribution is 2.28. The molecule has 0 saturated heterocycles. The number of thiazole rings is 1. The van der Waals surface area contributed by atoms with Crippen LogP contribution in [-0.4, -0.2) is 60.6 Å². The third-order valence-corrected chi connectivity index (χ3v) is 7.42. The number of anilines is 1. The van der Waals surface area contributed by atoms with Gasteiger partial charge in [-0.25, -0.2) is 4.79 Å². The summed E-state index contributed by atoms with van der Waals surface area (Å²) in [5, 5.41) is 0. The van der Waals surface area contributed by atoms with Crippen LogP contribution in [0, 0.1) is 0 Å². The first-order valence-corrected chi connectivity index (χ1v) is 12.7. The van der Waals surface area contributed by atoms with Crippen molar-refractivity contribution in [3.05, 3.63) is 58.4 Å². The maximum Gasteiger partial charge on any atom is 0.337 e. The summed E-state index contributed by atoms with van der Waals surface area (Å²) in [6.07, 6.45) is 0.824. The number of benzene rings is 2. The molecule has 1 aliphatic rings. The number of esters is 2. The minimum Gasteiger partial charge on any atom is -0.468 e. The van der Waals surface area contributed by atoms with E-state index >= 15 is 0 Å². The Morgan fingerprint density at radius 1 is 1.06 bits per heavy atom. The van der Waals surface area contributed by atoms with Crippen molar-refractivity contribution >= 4 is 62.8 Å². The molecule has 1 aromatic heterocycles. The monoisotopic (exact) mass is 513 g/mol. The number of amides is 2. The van der Waals surface area contributed by atoms with Gasteiger partial charge >= 0.3 is 11.9 Å². The van der Waals surface area contributed by atoms with Crippen LogP contribution in [0.3, 0.4) is 0 Å². The molecule has 11 heteroatoms. The molecule has 0 N–H and O–H groups in total. The van der Waals surface area contributed by atoms with Crippen LogP contribution in [0.15, 0.2) is 47.5 Å². The summed E-state index contributed by atoms with van der Waals surface area (Å²) >= 11 is 2.37. The van der Waals surface area contributed by atoms with Gasteiger partial charge in [0.25, 0.3) is 5.91 Å². The molecule has 1 aliphatic heterocycles. The average Bonchev–Trinajstić information content (AvgIpc) is 3.44. The molecular weight excluding hydrogens is 490 g/mol. The number of nitrogens with zero attached hydrogens (tertiary/aromatic N) is 3. The minimum atomic E-state index is -0.499. The van der Waals surface area contributed by atoms with Crippen molar-refractivity contribution in [3.63, 3.8) is 0 Å². The Balaban J connectivity index is 1.49. The molecule has 0 bridgehead atoms. The number of aromatic nitrogens is 1. The van der Waals surface area contributed by atoms with Gasteiger partial charge in [-0.1, -0.05) is 29.5 Å². The van der Waals surface area contributed by atoms with Crippen LogP contribution in [0.4, 0.5) is 5.69 Å². The van der Waals surface area contributed by atoms with E-state index in [2.05, 4.69) is 4.99 Å². The van der Waals surface area contributed by atoms with Crippen molar-refractivity contribution in [2.75, 3.05) is 37.2 Å². The van der Waals surface area contributed by atoms with E-state index < -0.39 is 17.8 Å². The molecule has 2 amide bonds. The Kier molecular flexibility index (Phi) is 7.67. The van der Waals surface area contributed by atoms with Gasteiger partial charge in [-0.3, -0.25) is 14.4 Å². The molecule has 0 aliphatic carbocycles. The minimum absolute atomic E-state index is 0.0150. The summed E-state index contributed by atoms with van der Waals surface area (Å²) in [6, 6.07) is 12.7. The average molecular weight is 514 g/mol. The largest absolute Gasteiger partial charge is 0.468 e. The Hall–Kier alpha value is -3.44. The van der Waals surface area contributed by atoms with Gasteiger partial charge in [-0.15, -0.1) is 11.8 Å². The van der Waals surface area contributed by atoms with Crippen LogP contribution < -0.4 is 9.70 Å². The highest BCUT2D eigenvalue weighted by atomic mass is 32.2. The second-order valence-corrected chi connectivity index (χ2v) is 9.64. The van der Waals surface area contributed by atoms with Crippen LogP contribution in [-0.2, 0) is 36.8 Å². The van der Waals surface area contributed by atoms with E-state index in [0.29, 0.717) is 27.1 Å². The predicted octanol–water partition coefficient (Wildman–Crippen LogP) is 2.41. The maximum absolute atomic E-state index is 12.7. The van der Waals surface area contributed by atoms with E-state index in [-0.39, 0.29) is 24.0 Å². The Bertz CT molecular complexity index is 1380. The summed E-state index contributed by atoms with van der Waals surface area (Å²) in [4.78, 5) is 55.3. The maximum atomic E-state index is 12.7. The number of carbonyl (C=O) groups excluding carboxylic acids is 4. The molecule has 0 fully saturated rings. The molecule has 0 radical (unpaired) electrons. The lowest BCUT2D eigenvalue weighted by Gasteiger charge is -2.16. The normalized spacial score (nSPS) is 13.1. The van der Waals surface area contributed by atoms with Gasteiger partial charge in [0, 0.05) is 12.2 Å². The molecule has 0 unspecified atom stereocenters. The van der Waals surface area contributed by atoms with Crippen LogP contribution in [0.25, 0.3) is 10.2 Å². The van der Waals surface area contributed by atoms with Crippen molar-refractivity contribution in [1.82, 2.24) is 4.57 Å². The topological polar surface area (TPSA) is 107 Å². The number of para-hydroxylation sites is 1. The number of hydrogen-bond acceptors (Lipinski definition) is 8. The molecule has 2 heterocycles. The first kappa shape index (κ1) is 24.7. The highest BCUT2D eigenvalue weighted by Gasteiger charge is 2.24. The standard InChI is InChI=1S/C24H23N3O6S2/c1-32-22(30)12-27-18-8-7-16(23(31)33-2)11-19(18)35-24(27)25-20(28)13-34-14-21(29)26-10-9-15-5-3-4-6-17(15)26/h3-8,11H,9-10,12-14H2,1-2H3. The molecule has 4 rings (SSSR count). The van der Waals surface area contributed by atoms with Crippen LogP contribution in [0.5, 0.6) is 0 Å². The third kappa shape index (κ3) is 5.46. The molecule has 9 nitrogen and oxygen atoms in total. The van der Waals surface area contributed by atoms with Gasteiger partial charge in [-0.05, 0) is 36.2 Å². The van der Waals surface area contributed by atoms with E-state index in [1.165, 1.54) is 37.3 Å². The molecule has 0 spiro atoms. The highest BCUT2D eigenvalue weighted by molar-refractivity contribution is 8.00. The second-order valence-electron chi connectivity index (χ2n) is 7.64. The summed E-state index contributed by atoms with van der Waals surface area (Å²) in [6.45, 7) is 0.500. The van der Waals surface area contributed by atoms with E-state index in [4.69, 9.17) is 9.47 Å². The van der Waals surface area contributed by atoms with Gasteiger partial charge in [0.05, 0.1) is 41.5 Å². The lowest BCUT2D eigenvalue weighted by atomic mass is 10.2. The molecule has 2 aromatic carbocycles. The van der Waals surface area contributed by atoms with Crippen molar-refractivity contribution < 1.29 is 28.7 Å². The Morgan fingerprint density at radius 2 is 1.86 bits per heavy atom. The summed E-state index contributed by atoms with van der Waals surface area (Å²) in [5.74, 6) is -1.29. The molecule has 0 atom stereocenters. The first-order chi connectivity index (χ1) is 16.9. The van der Waals surface area contributed by atoms with Crippen LogP contribution in [0.2, 0.25) is 0 Å². The lowest BCUT2D eigenvalue weighted by Crippen LogP contribution is -2.30. The molecule has 35 heavy (non-hydrogen) atoms. The number of methoxy groups -OCH3 is 2. The van der Waals surface area contributed by atoms with Crippen molar-refractivity contribution in [3.8, 4) is 0 Å². The quantitative estimate of drug-likeness (QED) is 0.447. The Labute approximate surface area is 209 Å². The third-order valence-electron chi connectivity index (χ3n) is 5.48. The summed E-state index contributed by atoms with van der Waals surface area (Å²) < 4.78 is 11.8. The zero-order valence-electron chi connectivity index (χ0n) is 19.2. The number of fused-ring (bicyclic) bond motifs is 2. The van der Waals surface area contributed by atoms with Gasteiger partial charge in [0.1, 0.15) is 6.54 Å². The smallest absolute Gasteiger partial charge is 0.337 e. The van der Waals surface area contributed by atoms with Gasteiger partial charge < -0.3 is 18.9 Å². The van der Waals surface area contributed by atoms with Crippen molar-refractivity contribution in [2.45, 2.75) is 13.0 Å². The predicted molar refractivity (Wildman–Crippen MR) is 134 cm³/mol. The van der Waals surface area contributed by atoms with Crippen LogP contribution >= 0.6 is 23.1 Å². The first-order valence-electron chi connectivity index (χ1n) is 10.7. The van der Waals surface area contributed by atoms with Crippen LogP contribution in [0.1, 0.15) is 15.9 Å². The number of ether oxygens (including phenoxy) is 2. The zero-order chi connectivity index (χ0) is 24.9. The molecular formula is C24H23N3O6S2. The van der Waals surface area contributed by atoms with E-state index in [9.17, 15) is 19.2 Å². The van der Waals surface area contributed by atoms with E-state index in [1.807, 2.05) is 24.3 Å². The number of hydrogen-bond donors (Lipinski definition) is 0. The number of thioether (sulfide) groups is 1. The van der Waals surface area contributed by atoms with Crippen molar-refractivity contribution in [1.29, 1.82) is 0 Å². The second kappa shape index (κ2) is 10.9. The summed E-state index contributed by atoms with van der Waals surface area (Å²) in [5.41, 5.74) is 3.05. The SMILES string of the molecule is COC(=O)Cn1c(=NC(=O)CSCC(=O)N2CCc3ccccc32)sc2cc(C(=O)OC)ccc21. The zero-order valence-corrected chi connectivity index (χ0v) is 20.8. The fraction of sp³-hybridized carbons (Fsp3) is 0.292. The lowest BCUT2D eigenvalue weighted by molar-refractivity contribution is -0.141. The van der Waals surface area contributed by atoms with Gasteiger partial charge in [0.15, 0.2) is 4.80 Å². The fourth-order valence-electron chi connectivity index (χ4n) is 3.79. The molecule has 0 saturated carbocycles. The van der Waals surface area contributed by atoms with Gasteiger partial charge in [-0.2, -0.15) is 4.99 Å². The Morgan fingerprint density at radius 3 is 2.63 bits per heavy atom. The molecule has 3 aromatic rings. The number of rotatable bonds is 7. The fourth-order valence-corrected chi connectivity index (χ4v) is 5.55. The van der Waals surface area contributed by atoms with E-state index in [1.54, 1.807) is 27.7 Å². The van der Waals surface area contributed by atoms with Crippen molar-refractivity contribution in [2.24, 2.45) is 4.99 Å². The van der Waals surface area contributed by atoms with Gasteiger partial charge in [0.2, 0.25) is 5.91 Å². The summed E-state index contributed by atoms with van der Waals surface area (Å²) in [7, 11) is 2.57. The van der Waals surface area contributed by atoms with E-state index in [0.717, 1.165) is 17.7 Å². The number of carbonyl (C=O) groups is 4. The molecule has 182 valence electrons.